The lowest BCUT2D eigenvalue weighted by atomic mass is 10.2. The number of anilines is 1. The van der Waals surface area contributed by atoms with E-state index in [1.165, 1.54) is 13.0 Å². The Bertz CT molecular complexity index is 942. The standard InChI is InChI=1S/C22H22N2O6/c1-15(23-20(25)10-7-16-5-3-2-4-6-16)22(27)30-14-21(26)24-17-8-9-18-19(13-17)29-12-11-28-18/h2-10,13,15H,11-12,14H2,1H3,(H,23,25)(H,24,26)/b10-7+/t15-/m0/s1. The molecule has 0 aromatic heterocycles. The molecule has 8 heteroatoms. The van der Waals surface area contributed by atoms with E-state index in [-0.39, 0.29) is 0 Å². The summed E-state index contributed by atoms with van der Waals surface area (Å²) in [7, 11) is 0. The first-order chi connectivity index (χ1) is 14.5. The molecule has 0 spiro atoms. The fourth-order valence-corrected chi connectivity index (χ4v) is 2.64. The molecule has 8 nitrogen and oxygen atoms in total. The van der Waals surface area contributed by atoms with Crippen molar-refractivity contribution in [3.63, 3.8) is 0 Å². The van der Waals surface area contributed by atoms with Gasteiger partial charge in [-0.25, -0.2) is 4.79 Å². The lowest BCUT2D eigenvalue weighted by Crippen LogP contribution is -2.39. The first-order valence-corrected chi connectivity index (χ1v) is 9.41. The second kappa shape index (κ2) is 10.1. The SMILES string of the molecule is C[C@H](NC(=O)/C=C/c1ccccc1)C(=O)OCC(=O)Nc1ccc2c(c1)OCCO2. The highest BCUT2D eigenvalue weighted by Gasteiger charge is 2.18. The summed E-state index contributed by atoms with van der Waals surface area (Å²) in [6, 6.07) is 13.4. The molecule has 1 heterocycles. The fourth-order valence-electron chi connectivity index (χ4n) is 2.64. The molecule has 2 aromatic carbocycles. The van der Waals surface area contributed by atoms with Crippen LogP contribution >= 0.6 is 0 Å². The zero-order valence-corrected chi connectivity index (χ0v) is 16.4. The number of hydrogen-bond acceptors (Lipinski definition) is 6. The molecule has 0 fully saturated rings. The maximum Gasteiger partial charge on any atom is 0.328 e. The normalized spacial score (nSPS) is 13.4. The van der Waals surface area contributed by atoms with Gasteiger partial charge in [0.25, 0.3) is 5.91 Å². The molecule has 30 heavy (non-hydrogen) atoms. The van der Waals surface area contributed by atoms with E-state index in [4.69, 9.17) is 14.2 Å². The van der Waals surface area contributed by atoms with Crippen LogP contribution in [-0.4, -0.2) is 43.6 Å². The third-order valence-corrected chi connectivity index (χ3v) is 4.11. The molecule has 1 atom stereocenters. The summed E-state index contributed by atoms with van der Waals surface area (Å²) in [5, 5.41) is 5.11. The summed E-state index contributed by atoms with van der Waals surface area (Å²) in [5.41, 5.74) is 1.35. The molecule has 156 valence electrons. The summed E-state index contributed by atoms with van der Waals surface area (Å²) in [6.07, 6.45) is 2.96. The van der Waals surface area contributed by atoms with E-state index < -0.39 is 30.4 Å². The molecule has 0 radical (unpaired) electrons. The second-order valence-corrected chi connectivity index (χ2v) is 6.49. The maximum atomic E-state index is 12.0. The minimum atomic E-state index is -0.903. The Labute approximate surface area is 173 Å². The van der Waals surface area contributed by atoms with Crippen molar-refractivity contribution < 1.29 is 28.6 Å². The summed E-state index contributed by atoms with van der Waals surface area (Å²) in [5.74, 6) is -0.521. The molecule has 0 aliphatic carbocycles. The van der Waals surface area contributed by atoms with Crippen molar-refractivity contribution >= 4 is 29.5 Å². The first kappa shape index (κ1) is 20.9. The second-order valence-electron chi connectivity index (χ2n) is 6.49. The third kappa shape index (κ3) is 6.10. The molecule has 1 aliphatic rings. The monoisotopic (exact) mass is 410 g/mol. The number of fused-ring (bicyclic) bond motifs is 1. The molecule has 3 rings (SSSR count). The van der Waals surface area contributed by atoms with Crippen molar-refractivity contribution in [1.29, 1.82) is 0 Å². The minimum absolute atomic E-state index is 0.437. The van der Waals surface area contributed by atoms with E-state index >= 15 is 0 Å². The number of amides is 2. The highest BCUT2D eigenvalue weighted by atomic mass is 16.6. The van der Waals surface area contributed by atoms with Gasteiger partial charge in [0.05, 0.1) is 0 Å². The number of carbonyl (C=O) groups is 3. The Morgan fingerprint density at radius 1 is 1.07 bits per heavy atom. The lowest BCUT2D eigenvalue weighted by Gasteiger charge is -2.19. The fraction of sp³-hybridized carbons (Fsp3) is 0.227. The lowest BCUT2D eigenvalue weighted by molar-refractivity contribution is -0.149. The molecule has 0 bridgehead atoms. The molecular weight excluding hydrogens is 388 g/mol. The van der Waals surface area contributed by atoms with Crippen LogP contribution in [0.1, 0.15) is 12.5 Å². The molecule has 2 N–H and O–H groups in total. The van der Waals surface area contributed by atoms with Gasteiger partial charge in [0.2, 0.25) is 5.91 Å². The Morgan fingerprint density at radius 3 is 2.57 bits per heavy atom. The summed E-state index contributed by atoms with van der Waals surface area (Å²) in [4.78, 5) is 36.0. The van der Waals surface area contributed by atoms with Crippen LogP contribution in [0.5, 0.6) is 11.5 Å². The zero-order chi connectivity index (χ0) is 21.3. The van der Waals surface area contributed by atoms with Crippen molar-refractivity contribution in [2.45, 2.75) is 13.0 Å². The maximum absolute atomic E-state index is 12.0. The van der Waals surface area contributed by atoms with E-state index in [0.29, 0.717) is 30.4 Å². The van der Waals surface area contributed by atoms with Crippen LogP contribution in [-0.2, 0) is 19.1 Å². The minimum Gasteiger partial charge on any atom is -0.486 e. The van der Waals surface area contributed by atoms with Crippen LogP contribution in [0.15, 0.2) is 54.6 Å². The number of benzene rings is 2. The molecule has 0 saturated carbocycles. The van der Waals surface area contributed by atoms with Gasteiger partial charge in [-0.1, -0.05) is 30.3 Å². The van der Waals surface area contributed by atoms with E-state index in [0.717, 1.165) is 5.56 Å². The zero-order valence-electron chi connectivity index (χ0n) is 16.4. The van der Waals surface area contributed by atoms with E-state index in [2.05, 4.69) is 10.6 Å². The van der Waals surface area contributed by atoms with Gasteiger partial charge >= 0.3 is 5.97 Å². The van der Waals surface area contributed by atoms with Crippen molar-refractivity contribution in [1.82, 2.24) is 5.32 Å². The Kier molecular flexibility index (Phi) is 7.05. The number of carbonyl (C=O) groups excluding carboxylic acids is 3. The predicted molar refractivity (Wildman–Crippen MR) is 110 cm³/mol. The number of hydrogen-bond donors (Lipinski definition) is 2. The van der Waals surface area contributed by atoms with Crippen LogP contribution in [0.3, 0.4) is 0 Å². The highest BCUT2D eigenvalue weighted by Crippen LogP contribution is 2.32. The summed E-state index contributed by atoms with van der Waals surface area (Å²) >= 11 is 0. The summed E-state index contributed by atoms with van der Waals surface area (Å²) < 4.78 is 15.8. The van der Waals surface area contributed by atoms with Gasteiger partial charge in [-0.2, -0.15) is 0 Å². The van der Waals surface area contributed by atoms with Crippen LogP contribution in [0.2, 0.25) is 0 Å². The number of esters is 1. The van der Waals surface area contributed by atoms with Crippen LogP contribution < -0.4 is 20.1 Å². The van der Waals surface area contributed by atoms with Crippen molar-refractivity contribution in [2.75, 3.05) is 25.1 Å². The Morgan fingerprint density at radius 2 is 1.80 bits per heavy atom. The van der Waals surface area contributed by atoms with Gasteiger partial charge in [-0.15, -0.1) is 0 Å². The highest BCUT2D eigenvalue weighted by molar-refractivity contribution is 5.96. The van der Waals surface area contributed by atoms with E-state index in [1.807, 2.05) is 30.3 Å². The van der Waals surface area contributed by atoms with Gasteiger partial charge in [0, 0.05) is 17.8 Å². The molecule has 2 amide bonds. The largest absolute Gasteiger partial charge is 0.486 e. The van der Waals surface area contributed by atoms with E-state index in [9.17, 15) is 14.4 Å². The molecular formula is C22H22N2O6. The van der Waals surface area contributed by atoms with Crippen molar-refractivity contribution in [3.8, 4) is 11.5 Å². The number of nitrogens with one attached hydrogen (secondary N) is 2. The first-order valence-electron chi connectivity index (χ1n) is 9.41. The third-order valence-electron chi connectivity index (χ3n) is 4.11. The smallest absolute Gasteiger partial charge is 0.328 e. The van der Waals surface area contributed by atoms with Gasteiger partial charge < -0.3 is 24.8 Å². The number of rotatable bonds is 7. The summed E-state index contributed by atoms with van der Waals surface area (Å²) in [6.45, 7) is 1.92. The van der Waals surface area contributed by atoms with Crippen LogP contribution in [0.4, 0.5) is 5.69 Å². The van der Waals surface area contributed by atoms with Gasteiger partial charge in [0.1, 0.15) is 19.3 Å². The average molecular weight is 410 g/mol. The molecule has 1 aliphatic heterocycles. The topological polar surface area (TPSA) is 103 Å². The van der Waals surface area contributed by atoms with Crippen LogP contribution in [0, 0.1) is 0 Å². The van der Waals surface area contributed by atoms with E-state index in [1.54, 1.807) is 24.3 Å². The van der Waals surface area contributed by atoms with Gasteiger partial charge in [-0.3, -0.25) is 9.59 Å². The Balaban J connectivity index is 1.42. The quantitative estimate of drug-likeness (QED) is 0.536. The van der Waals surface area contributed by atoms with Gasteiger partial charge in [0.15, 0.2) is 18.1 Å². The van der Waals surface area contributed by atoms with Gasteiger partial charge in [-0.05, 0) is 30.7 Å². The van der Waals surface area contributed by atoms with Crippen LogP contribution in [0.25, 0.3) is 6.08 Å². The molecule has 0 saturated heterocycles. The predicted octanol–water partition coefficient (Wildman–Crippen LogP) is 2.16. The Hall–Kier alpha value is -3.81. The van der Waals surface area contributed by atoms with Crippen molar-refractivity contribution in [2.24, 2.45) is 0 Å². The molecule has 2 aromatic rings. The number of ether oxygens (including phenoxy) is 3. The average Bonchev–Trinajstić information content (AvgIpc) is 2.76. The van der Waals surface area contributed by atoms with Crippen molar-refractivity contribution in [3.05, 3.63) is 60.2 Å². The molecule has 0 unspecified atom stereocenters.